The number of hydrogen-bond donors (Lipinski definition) is 2. The monoisotopic (exact) mass is 322 g/mol. The summed E-state index contributed by atoms with van der Waals surface area (Å²) in [5, 5.41) is 3.06. The van der Waals surface area contributed by atoms with Crippen LogP contribution in [0.5, 0.6) is 5.88 Å². The summed E-state index contributed by atoms with van der Waals surface area (Å²) in [4.78, 5) is 27.3. The molecule has 2 aromatic rings. The smallest absolute Gasteiger partial charge is 0.390 e. The second-order valence-electron chi connectivity index (χ2n) is 4.35. The largest absolute Gasteiger partial charge is 0.420 e. The van der Waals surface area contributed by atoms with E-state index >= 15 is 0 Å². The lowest BCUT2D eigenvalue weighted by Gasteiger charge is -2.18. The first kappa shape index (κ1) is 15.5. The van der Waals surface area contributed by atoms with Crippen LogP contribution in [0.4, 0.5) is 4.79 Å². The van der Waals surface area contributed by atoms with Crippen LogP contribution in [-0.2, 0) is 4.79 Å². The molecule has 0 spiro atoms. The van der Waals surface area contributed by atoms with Crippen LogP contribution in [0.3, 0.4) is 0 Å². The summed E-state index contributed by atoms with van der Waals surface area (Å²) in [7, 11) is 0. The molecule has 2 atom stereocenters. The molecule has 2 rings (SSSR count). The van der Waals surface area contributed by atoms with Crippen molar-refractivity contribution < 1.29 is 14.3 Å². The molecule has 2 unspecified atom stereocenters. The predicted molar refractivity (Wildman–Crippen MR) is 83.9 cm³/mol. The molecule has 21 heavy (non-hydrogen) atoms. The zero-order valence-corrected chi connectivity index (χ0v) is 12.9. The molecule has 0 aliphatic rings. The van der Waals surface area contributed by atoms with Gasteiger partial charge in [0.15, 0.2) is 0 Å². The number of ether oxygens (including phenoxy) is 1. The highest BCUT2D eigenvalue weighted by atomic mass is 32.1. The zero-order chi connectivity index (χ0) is 15.2. The van der Waals surface area contributed by atoms with Crippen LogP contribution < -0.4 is 10.1 Å². The SMILES string of the molecule is CC(c1ccccc1)C(S)C(=O)NC(=O)Oc1cscn1. The van der Waals surface area contributed by atoms with Gasteiger partial charge in [-0.25, -0.2) is 9.78 Å². The van der Waals surface area contributed by atoms with Crippen molar-refractivity contribution in [2.45, 2.75) is 18.1 Å². The summed E-state index contributed by atoms with van der Waals surface area (Å²) < 4.78 is 4.86. The van der Waals surface area contributed by atoms with E-state index in [0.29, 0.717) is 0 Å². The van der Waals surface area contributed by atoms with Crippen molar-refractivity contribution in [1.29, 1.82) is 0 Å². The van der Waals surface area contributed by atoms with Gasteiger partial charge in [0.2, 0.25) is 11.8 Å². The lowest BCUT2D eigenvalue weighted by atomic mass is 9.97. The number of benzene rings is 1. The number of amides is 2. The van der Waals surface area contributed by atoms with Gasteiger partial charge in [-0.15, -0.1) is 11.3 Å². The molecule has 1 N–H and O–H groups in total. The zero-order valence-electron chi connectivity index (χ0n) is 11.2. The van der Waals surface area contributed by atoms with E-state index < -0.39 is 17.3 Å². The summed E-state index contributed by atoms with van der Waals surface area (Å²) in [6.45, 7) is 1.87. The topological polar surface area (TPSA) is 68.3 Å². The molecule has 2 amide bonds. The number of imide groups is 1. The molecule has 0 aliphatic carbocycles. The van der Waals surface area contributed by atoms with E-state index in [1.165, 1.54) is 16.8 Å². The third-order valence-electron chi connectivity index (χ3n) is 2.90. The third kappa shape index (κ3) is 4.30. The van der Waals surface area contributed by atoms with Gasteiger partial charge >= 0.3 is 6.09 Å². The molecule has 1 aromatic carbocycles. The van der Waals surface area contributed by atoms with Crippen molar-refractivity contribution in [3.8, 4) is 5.88 Å². The third-order valence-corrected chi connectivity index (χ3v) is 4.15. The fraction of sp³-hybridized carbons (Fsp3) is 0.214. The Balaban J connectivity index is 1.91. The predicted octanol–water partition coefficient (Wildman–Crippen LogP) is 2.86. The van der Waals surface area contributed by atoms with Crippen LogP contribution in [0.1, 0.15) is 18.4 Å². The highest BCUT2D eigenvalue weighted by Gasteiger charge is 2.24. The number of nitrogens with zero attached hydrogens (tertiary/aromatic N) is 1. The van der Waals surface area contributed by atoms with Crippen molar-refractivity contribution in [2.24, 2.45) is 0 Å². The Bertz CT molecular complexity index is 602. The highest BCUT2D eigenvalue weighted by Crippen LogP contribution is 2.22. The molecule has 5 nitrogen and oxygen atoms in total. The van der Waals surface area contributed by atoms with E-state index in [-0.39, 0.29) is 11.8 Å². The molecule has 1 heterocycles. The van der Waals surface area contributed by atoms with Crippen LogP contribution in [0.2, 0.25) is 0 Å². The molecule has 1 aromatic heterocycles. The average molecular weight is 322 g/mol. The maximum Gasteiger partial charge on any atom is 0.420 e. The number of carbonyl (C=O) groups is 2. The lowest BCUT2D eigenvalue weighted by molar-refractivity contribution is -0.120. The summed E-state index contributed by atoms with van der Waals surface area (Å²) in [6, 6.07) is 9.50. The number of nitrogens with one attached hydrogen (secondary N) is 1. The van der Waals surface area contributed by atoms with Crippen LogP contribution >= 0.6 is 24.0 Å². The van der Waals surface area contributed by atoms with Crippen LogP contribution in [-0.4, -0.2) is 22.2 Å². The summed E-state index contributed by atoms with van der Waals surface area (Å²) in [6.07, 6.45) is -0.856. The van der Waals surface area contributed by atoms with Crippen molar-refractivity contribution >= 4 is 36.0 Å². The quantitative estimate of drug-likeness (QED) is 0.849. The summed E-state index contributed by atoms with van der Waals surface area (Å²) >= 11 is 5.58. The van der Waals surface area contributed by atoms with Gasteiger partial charge in [-0.2, -0.15) is 12.6 Å². The Morgan fingerprint density at radius 1 is 1.33 bits per heavy atom. The van der Waals surface area contributed by atoms with Crippen molar-refractivity contribution in [3.63, 3.8) is 0 Å². The maximum atomic E-state index is 12.0. The molecular formula is C14H14N2O3S2. The highest BCUT2D eigenvalue weighted by molar-refractivity contribution is 7.81. The molecule has 0 saturated carbocycles. The Morgan fingerprint density at radius 3 is 2.67 bits per heavy atom. The average Bonchev–Trinajstić information content (AvgIpc) is 2.99. The molecule has 0 fully saturated rings. The van der Waals surface area contributed by atoms with Gasteiger partial charge in [0.1, 0.15) is 0 Å². The normalized spacial score (nSPS) is 13.2. The van der Waals surface area contributed by atoms with E-state index in [9.17, 15) is 9.59 Å². The number of thiol groups is 1. The minimum absolute atomic E-state index is 0.137. The summed E-state index contributed by atoms with van der Waals surface area (Å²) in [5.74, 6) is -0.478. The maximum absolute atomic E-state index is 12.0. The Labute approximate surface area is 131 Å². The van der Waals surface area contributed by atoms with Gasteiger partial charge in [-0.3, -0.25) is 10.1 Å². The first-order valence-corrected chi connectivity index (χ1v) is 7.67. The first-order chi connectivity index (χ1) is 10.1. The van der Waals surface area contributed by atoms with Gasteiger partial charge < -0.3 is 4.74 Å². The molecule has 110 valence electrons. The van der Waals surface area contributed by atoms with Crippen LogP contribution in [0.25, 0.3) is 0 Å². The molecule has 0 aliphatic heterocycles. The fourth-order valence-corrected chi connectivity index (χ4v) is 2.40. The van der Waals surface area contributed by atoms with E-state index in [2.05, 4.69) is 22.9 Å². The molecule has 0 saturated heterocycles. The van der Waals surface area contributed by atoms with Gasteiger partial charge in [0.05, 0.1) is 16.1 Å². The van der Waals surface area contributed by atoms with Crippen LogP contribution in [0, 0.1) is 0 Å². The Morgan fingerprint density at radius 2 is 2.05 bits per heavy atom. The second kappa shape index (κ2) is 7.24. The standard InChI is InChI=1S/C14H14N2O3S2/c1-9(10-5-3-2-4-6-10)12(20)13(17)16-14(18)19-11-7-21-8-15-11/h2-9,12,20H,1H3,(H,16,17,18). The number of carbonyl (C=O) groups excluding carboxylic acids is 2. The molecule has 0 bridgehead atoms. The van der Waals surface area contributed by atoms with Crippen molar-refractivity contribution in [2.75, 3.05) is 0 Å². The fourth-order valence-electron chi connectivity index (χ4n) is 1.71. The Hall–Kier alpha value is -1.86. The summed E-state index contributed by atoms with van der Waals surface area (Å²) in [5.41, 5.74) is 2.50. The van der Waals surface area contributed by atoms with E-state index in [1.54, 1.807) is 5.38 Å². The van der Waals surface area contributed by atoms with Crippen LogP contribution in [0.15, 0.2) is 41.2 Å². The number of aromatic nitrogens is 1. The first-order valence-electron chi connectivity index (χ1n) is 6.22. The van der Waals surface area contributed by atoms with Crippen molar-refractivity contribution in [1.82, 2.24) is 10.3 Å². The lowest BCUT2D eigenvalue weighted by Crippen LogP contribution is -2.40. The van der Waals surface area contributed by atoms with Gasteiger partial charge in [-0.1, -0.05) is 37.3 Å². The van der Waals surface area contributed by atoms with Gasteiger partial charge in [0.25, 0.3) is 0 Å². The molecular weight excluding hydrogens is 308 g/mol. The number of thiazole rings is 1. The molecule has 0 radical (unpaired) electrons. The Kier molecular flexibility index (Phi) is 5.35. The van der Waals surface area contributed by atoms with Gasteiger partial charge in [-0.05, 0) is 5.56 Å². The minimum Gasteiger partial charge on any atom is -0.390 e. The second-order valence-corrected chi connectivity index (χ2v) is 5.62. The minimum atomic E-state index is -0.856. The number of rotatable bonds is 4. The molecule has 7 heteroatoms. The van der Waals surface area contributed by atoms with E-state index in [1.807, 2.05) is 37.3 Å². The van der Waals surface area contributed by atoms with Crippen molar-refractivity contribution in [3.05, 3.63) is 46.8 Å². The van der Waals surface area contributed by atoms with E-state index in [4.69, 9.17) is 4.74 Å². The van der Waals surface area contributed by atoms with Gasteiger partial charge in [0, 0.05) is 5.92 Å². The number of hydrogen-bond acceptors (Lipinski definition) is 6. The van der Waals surface area contributed by atoms with E-state index in [0.717, 1.165) is 5.56 Å².